The van der Waals surface area contributed by atoms with Crippen LogP contribution in [0.4, 0.5) is 0 Å². The van der Waals surface area contributed by atoms with E-state index in [1.165, 1.54) is 19.3 Å². The quantitative estimate of drug-likeness (QED) is 0.753. The van der Waals surface area contributed by atoms with E-state index >= 15 is 0 Å². The molecule has 1 aliphatic rings. The summed E-state index contributed by atoms with van der Waals surface area (Å²) in [7, 11) is 0. The van der Waals surface area contributed by atoms with Crippen LogP contribution in [0.25, 0.3) is 0 Å². The predicted molar refractivity (Wildman–Crippen MR) is 59.5 cm³/mol. The molecule has 0 aliphatic heterocycles. The molecule has 1 heterocycles. The third-order valence-electron chi connectivity index (χ3n) is 3.37. The third kappa shape index (κ3) is 1.62. The summed E-state index contributed by atoms with van der Waals surface area (Å²) in [6, 6.07) is 0. The first-order chi connectivity index (χ1) is 6.65. The Morgan fingerprint density at radius 1 is 1.64 bits per heavy atom. The molecule has 1 fully saturated rings. The van der Waals surface area contributed by atoms with Gasteiger partial charge in [0.05, 0.1) is 5.69 Å². The van der Waals surface area contributed by atoms with Gasteiger partial charge in [0.15, 0.2) is 6.39 Å². The fraction of sp³-hybridized carbons (Fsp3) is 0.727. The van der Waals surface area contributed by atoms with Crippen molar-refractivity contribution < 1.29 is 4.42 Å². The van der Waals surface area contributed by atoms with Gasteiger partial charge in [0.25, 0.3) is 0 Å². The lowest BCUT2D eigenvalue weighted by Gasteiger charge is -2.25. The standard InChI is InChI=1S/C11H16BrNO/c1-11(2)5-3-4-8(11)10-9(6-12)13-7-14-10/h7-8H,3-6H2,1-2H3. The zero-order chi connectivity index (χ0) is 10.2. The minimum Gasteiger partial charge on any atom is -0.448 e. The highest BCUT2D eigenvalue weighted by Crippen LogP contribution is 2.49. The second-order valence-electron chi connectivity index (χ2n) is 4.73. The molecule has 1 saturated carbocycles. The Labute approximate surface area is 93.2 Å². The monoisotopic (exact) mass is 257 g/mol. The Morgan fingerprint density at radius 3 is 3.00 bits per heavy atom. The van der Waals surface area contributed by atoms with Gasteiger partial charge in [0.2, 0.25) is 0 Å². The Balaban J connectivity index is 2.30. The van der Waals surface area contributed by atoms with E-state index in [1.54, 1.807) is 6.39 Å². The van der Waals surface area contributed by atoms with Crippen molar-refractivity contribution >= 4 is 15.9 Å². The van der Waals surface area contributed by atoms with Crippen LogP contribution in [0, 0.1) is 5.41 Å². The maximum atomic E-state index is 5.53. The summed E-state index contributed by atoms with van der Waals surface area (Å²) in [6.45, 7) is 4.65. The van der Waals surface area contributed by atoms with E-state index < -0.39 is 0 Å². The summed E-state index contributed by atoms with van der Waals surface area (Å²) in [6.07, 6.45) is 5.41. The van der Waals surface area contributed by atoms with Crippen LogP contribution in [0.15, 0.2) is 10.8 Å². The fourth-order valence-corrected chi connectivity index (χ4v) is 2.90. The van der Waals surface area contributed by atoms with Crippen molar-refractivity contribution in [1.82, 2.24) is 4.98 Å². The molecule has 0 amide bonds. The van der Waals surface area contributed by atoms with Crippen LogP contribution in [0.3, 0.4) is 0 Å². The molecule has 1 aliphatic carbocycles. The van der Waals surface area contributed by atoms with E-state index in [9.17, 15) is 0 Å². The van der Waals surface area contributed by atoms with Crippen molar-refractivity contribution in [3.05, 3.63) is 17.8 Å². The first kappa shape index (κ1) is 10.2. The van der Waals surface area contributed by atoms with E-state index in [4.69, 9.17) is 4.42 Å². The molecule has 78 valence electrons. The summed E-state index contributed by atoms with van der Waals surface area (Å²) in [4.78, 5) is 4.23. The normalized spacial score (nSPS) is 25.5. The fourth-order valence-electron chi connectivity index (χ4n) is 2.47. The Morgan fingerprint density at radius 2 is 2.43 bits per heavy atom. The summed E-state index contributed by atoms with van der Waals surface area (Å²) < 4.78 is 5.53. The molecule has 0 bridgehead atoms. The van der Waals surface area contributed by atoms with Gasteiger partial charge in [0, 0.05) is 11.2 Å². The molecule has 0 spiro atoms. The van der Waals surface area contributed by atoms with Crippen molar-refractivity contribution in [1.29, 1.82) is 0 Å². The maximum Gasteiger partial charge on any atom is 0.181 e. The smallest absolute Gasteiger partial charge is 0.181 e. The predicted octanol–water partition coefficient (Wildman–Crippen LogP) is 3.86. The minimum atomic E-state index is 0.371. The zero-order valence-electron chi connectivity index (χ0n) is 8.72. The second-order valence-corrected chi connectivity index (χ2v) is 5.29. The number of hydrogen-bond donors (Lipinski definition) is 0. The summed E-state index contributed by atoms with van der Waals surface area (Å²) in [5.41, 5.74) is 1.45. The number of halogens is 1. The molecule has 3 heteroatoms. The number of alkyl halides is 1. The van der Waals surface area contributed by atoms with Gasteiger partial charge in [-0.3, -0.25) is 0 Å². The Bertz CT molecular complexity index is 319. The molecule has 0 N–H and O–H groups in total. The number of aromatic nitrogens is 1. The number of nitrogens with zero attached hydrogens (tertiary/aromatic N) is 1. The number of rotatable bonds is 2. The van der Waals surface area contributed by atoms with Crippen LogP contribution < -0.4 is 0 Å². The molecular formula is C11H16BrNO. The van der Waals surface area contributed by atoms with Crippen LogP contribution in [-0.4, -0.2) is 4.98 Å². The molecule has 1 unspecified atom stereocenters. The van der Waals surface area contributed by atoms with Crippen molar-refractivity contribution in [2.24, 2.45) is 5.41 Å². The SMILES string of the molecule is CC1(C)CCCC1c1ocnc1CBr. The van der Waals surface area contributed by atoms with Gasteiger partial charge in [-0.1, -0.05) is 36.2 Å². The molecule has 0 saturated heterocycles. The number of hydrogen-bond acceptors (Lipinski definition) is 2. The van der Waals surface area contributed by atoms with Gasteiger partial charge < -0.3 is 4.42 Å². The first-order valence-electron chi connectivity index (χ1n) is 5.13. The van der Waals surface area contributed by atoms with Gasteiger partial charge in [0.1, 0.15) is 5.76 Å². The molecule has 2 nitrogen and oxygen atoms in total. The second kappa shape index (κ2) is 3.69. The van der Waals surface area contributed by atoms with Crippen molar-refractivity contribution in [3.63, 3.8) is 0 Å². The van der Waals surface area contributed by atoms with Crippen LogP contribution in [0.5, 0.6) is 0 Å². The molecule has 1 atom stereocenters. The van der Waals surface area contributed by atoms with E-state index in [0.29, 0.717) is 11.3 Å². The summed E-state index contributed by atoms with van der Waals surface area (Å²) >= 11 is 3.45. The maximum absolute atomic E-state index is 5.53. The van der Waals surface area contributed by atoms with E-state index in [1.807, 2.05) is 0 Å². The van der Waals surface area contributed by atoms with Crippen LogP contribution >= 0.6 is 15.9 Å². The lowest BCUT2D eigenvalue weighted by atomic mass is 9.80. The van der Waals surface area contributed by atoms with Gasteiger partial charge in [-0.15, -0.1) is 0 Å². The van der Waals surface area contributed by atoms with Crippen LogP contribution in [-0.2, 0) is 5.33 Å². The molecule has 14 heavy (non-hydrogen) atoms. The first-order valence-corrected chi connectivity index (χ1v) is 6.25. The minimum absolute atomic E-state index is 0.371. The average Bonchev–Trinajstić information content (AvgIpc) is 2.69. The lowest BCUT2D eigenvalue weighted by Crippen LogP contribution is -2.15. The van der Waals surface area contributed by atoms with E-state index in [0.717, 1.165) is 16.8 Å². The zero-order valence-corrected chi connectivity index (χ0v) is 10.3. The highest BCUT2D eigenvalue weighted by atomic mass is 79.9. The van der Waals surface area contributed by atoms with Crippen molar-refractivity contribution in [2.75, 3.05) is 0 Å². The third-order valence-corrected chi connectivity index (χ3v) is 3.90. The van der Waals surface area contributed by atoms with E-state index in [2.05, 4.69) is 34.8 Å². The van der Waals surface area contributed by atoms with E-state index in [-0.39, 0.29) is 0 Å². The van der Waals surface area contributed by atoms with Crippen LogP contribution in [0.2, 0.25) is 0 Å². The van der Waals surface area contributed by atoms with Gasteiger partial charge in [-0.2, -0.15) is 0 Å². The molecule has 0 radical (unpaired) electrons. The Hall–Kier alpha value is -0.310. The topological polar surface area (TPSA) is 26.0 Å². The largest absolute Gasteiger partial charge is 0.448 e. The Kier molecular flexibility index (Phi) is 2.69. The van der Waals surface area contributed by atoms with Crippen molar-refractivity contribution in [2.45, 2.75) is 44.4 Å². The number of oxazole rings is 1. The van der Waals surface area contributed by atoms with Gasteiger partial charge in [-0.05, 0) is 18.3 Å². The van der Waals surface area contributed by atoms with Crippen LogP contribution in [0.1, 0.15) is 50.5 Å². The van der Waals surface area contributed by atoms with Gasteiger partial charge >= 0.3 is 0 Å². The molecular weight excluding hydrogens is 242 g/mol. The van der Waals surface area contributed by atoms with Crippen molar-refractivity contribution in [3.8, 4) is 0 Å². The molecule has 1 aromatic heterocycles. The molecule has 1 aromatic rings. The highest BCUT2D eigenvalue weighted by molar-refractivity contribution is 9.08. The molecule has 2 rings (SSSR count). The highest BCUT2D eigenvalue weighted by Gasteiger charge is 2.38. The molecule has 0 aromatic carbocycles. The summed E-state index contributed by atoms with van der Waals surface area (Å²) in [5, 5.41) is 0.797. The van der Waals surface area contributed by atoms with Gasteiger partial charge in [-0.25, -0.2) is 4.98 Å². The summed E-state index contributed by atoms with van der Waals surface area (Å²) in [5.74, 6) is 1.65. The lowest BCUT2D eigenvalue weighted by molar-refractivity contribution is 0.292. The average molecular weight is 258 g/mol.